The van der Waals surface area contributed by atoms with Crippen molar-refractivity contribution in [1.29, 1.82) is 0 Å². The van der Waals surface area contributed by atoms with Gasteiger partial charge in [-0.25, -0.2) is 4.98 Å². The van der Waals surface area contributed by atoms with Gasteiger partial charge in [-0.05, 0) is 42.5 Å². The van der Waals surface area contributed by atoms with Crippen LogP contribution >= 0.6 is 12.6 Å². The van der Waals surface area contributed by atoms with Crippen molar-refractivity contribution in [2.24, 2.45) is 0 Å². The van der Waals surface area contributed by atoms with Gasteiger partial charge in [0.15, 0.2) is 11.5 Å². The fourth-order valence-corrected chi connectivity index (χ4v) is 3.28. The Balaban J connectivity index is 0.000000185. The molecule has 0 atom stereocenters. The number of nitrogens with one attached hydrogen (secondary N) is 2. The normalized spacial score (nSPS) is 13.2. The van der Waals surface area contributed by atoms with Gasteiger partial charge in [0.2, 0.25) is 0 Å². The van der Waals surface area contributed by atoms with E-state index in [4.69, 9.17) is 10.5 Å². The van der Waals surface area contributed by atoms with Crippen LogP contribution in [0.4, 0.5) is 17.2 Å². The average molecular weight is 440 g/mol. The molecule has 0 aliphatic carbocycles. The number of nitrogens with two attached hydrogens (primary N) is 1. The number of rotatable bonds is 5. The number of benzene rings is 2. The number of thiol groups is 1. The molecule has 164 valence electrons. The Kier molecular flexibility index (Phi) is 8.26. The van der Waals surface area contributed by atoms with Crippen molar-refractivity contribution in [3.63, 3.8) is 0 Å². The number of anilines is 3. The van der Waals surface area contributed by atoms with Crippen molar-refractivity contribution in [3.05, 3.63) is 66.4 Å². The summed E-state index contributed by atoms with van der Waals surface area (Å²) in [6.07, 6.45) is 1.71. The lowest BCUT2D eigenvalue weighted by Crippen LogP contribution is -2.43. The molecule has 1 fully saturated rings. The third kappa shape index (κ3) is 6.70. The molecule has 0 bridgehead atoms. The van der Waals surface area contributed by atoms with Crippen molar-refractivity contribution in [3.8, 4) is 11.5 Å². The summed E-state index contributed by atoms with van der Waals surface area (Å²) in [4.78, 5) is 7.46. The molecule has 0 saturated carbocycles. The lowest BCUT2D eigenvalue weighted by molar-refractivity contribution is 0.371. The Labute approximate surface area is 188 Å². The second-order valence-electron chi connectivity index (χ2n) is 7.06. The van der Waals surface area contributed by atoms with E-state index in [0.717, 1.165) is 53.8 Å². The molecule has 2 aromatic carbocycles. The van der Waals surface area contributed by atoms with Crippen molar-refractivity contribution >= 4 is 29.8 Å². The van der Waals surface area contributed by atoms with Gasteiger partial charge in [-0.15, -0.1) is 12.6 Å². The van der Waals surface area contributed by atoms with Crippen LogP contribution in [0.2, 0.25) is 0 Å². The molecule has 0 amide bonds. The highest BCUT2D eigenvalue weighted by molar-refractivity contribution is 7.80. The van der Waals surface area contributed by atoms with Gasteiger partial charge in [0.25, 0.3) is 0 Å². The summed E-state index contributed by atoms with van der Waals surface area (Å²) in [5.74, 6) is 1.69. The van der Waals surface area contributed by atoms with Crippen LogP contribution in [0.3, 0.4) is 0 Å². The van der Waals surface area contributed by atoms with E-state index in [1.54, 1.807) is 12.3 Å². The fourth-order valence-electron chi connectivity index (χ4n) is 3.13. The zero-order valence-electron chi connectivity index (χ0n) is 17.6. The van der Waals surface area contributed by atoms with Crippen molar-refractivity contribution < 1.29 is 9.84 Å². The Hall–Kier alpha value is -3.10. The van der Waals surface area contributed by atoms with E-state index in [9.17, 15) is 5.11 Å². The van der Waals surface area contributed by atoms with E-state index in [1.807, 2.05) is 48.5 Å². The first-order valence-electron chi connectivity index (χ1n) is 10.1. The van der Waals surface area contributed by atoms with Gasteiger partial charge in [-0.1, -0.05) is 12.1 Å². The summed E-state index contributed by atoms with van der Waals surface area (Å²) in [5, 5.41) is 16.5. The first-order valence-corrected chi connectivity index (χ1v) is 10.6. The van der Waals surface area contributed by atoms with Crippen LogP contribution < -0.4 is 26.0 Å². The summed E-state index contributed by atoms with van der Waals surface area (Å²) in [5.41, 5.74) is 8.06. The second-order valence-corrected chi connectivity index (χ2v) is 7.57. The Morgan fingerprint density at radius 3 is 2.52 bits per heavy atom. The van der Waals surface area contributed by atoms with Gasteiger partial charge in [-0.3, -0.25) is 0 Å². The number of pyridine rings is 1. The van der Waals surface area contributed by atoms with Crippen LogP contribution in [0.15, 0.2) is 65.7 Å². The van der Waals surface area contributed by atoms with Crippen molar-refractivity contribution in [2.45, 2.75) is 11.4 Å². The van der Waals surface area contributed by atoms with Crippen LogP contribution in [-0.2, 0) is 6.54 Å². The monoisotopic (exact) mass is 439 g/mol. The van der Waals surface area contributed by atoms with Crippen molar-refractivity contribution in [2.75, 3.05) is 49.2 Å². The molecular weight excluding hydrogens is 410 g/mol. The topological polar surface area (TPSA) is 95.7 Å². The number of aromatic nitrogens is 1. The van der Waals surface area contributed by atoms with Gasteiger partial charge in [0.05, 0.1) is 19.0 Å². The van der Waals surface area contributed by atoms with E-state index in [1.165, 1.54) is 7.11 Å². The van der Waals surface area contributed by atoms with Crippen LogP contribution in [0.1, 0.15) is 5.56 Å². The van der Waals surface area contributed by atoms with E-state index >= 15 is 0 Å². The number of hydrogen-bond acceptors (Lipinski definition) is 8. The molecular formula is C23H29N5O2S. The molecule has 2 heterocycles. The third-order valence-electron chi connectivity index (χ3n) is 4.86. The zero-order chi connectivity index (χ0) is 22.1. The Morgan fingerprint density at radius 2 is 1.87 bits per heavy atom. The molecule has 3 aromatic rings. The first kappa shape index (κ1) is 22.6. The third-order valence-corrected chi connectivity index (χ3v) is 5.16. The predicted molar refractivity (Wildman–Crippen MR) is 129 cm³/mol. The highest BCUT2D eigenvalue weighted by Crippen LogP contribution is 2.29. The minimum absolute atomic E-state index is 0.179. The Morgan fingerprint density at radius 1 is 1.13 bits per heavy atom. The SMILES string of the molecule is COc1cccc(CNc2ccc(S)cc2)c1O.Nc1ccc(N2CCNCC2)nc1. The van der Waals surface area contributed by atoms with Gasteiger partial charge in [0.1, 0.15) is 5.82 Å². The summed E-state index contributed by atoms with van der Waals surface area (Å²) in [6, 6.07) is 17.0. The molecule has 1 saturated heterocycles. The standard InChI is InChI=1S/C14H15NO2S.C9H14N4/c1-17-13-4-2-3-10(14(13)16)9-15-11-5-7-12(18)8-6-11;10-8-1-2-9(12-7-8)13-5-3-11-4-6-13/h2-8,15-16,18H,9H2,1H3;1-2,7,11H,3-6,10H2. The van der Waals surface area contributed by atoms with Gasteiger partial charge in [-0.2, -0.15) is 0 Å². The van der Waals surface area contributed by atoms with Crippen LogP contribution in [0, 0.1) is 0 Å². The van der Waals surface area contributed by atoms with Gasteiger partial charge >= 0.3 is 0 Å². The summed E-state index contributed by atoms with van der Waals surface area (Å²) in [6.45, 7) is 4.65. The lowest BCUT2D eigenvalue weighted by atomic mass is 10.2. The summed E-state index contributed by atoms with van der Waals surface area (Å²) in [7, 11) is 1.54. The fraction of sp³-hybridized carbons (Fsp3) is 0.261. The smallest absolute Gasteiger partial charge is 0.162 e. The summed E-state index contributed by atoms with van der Waals surface area (Å²) >= 11 is 4.23. The molecule has 4 rings (SSSR count). The van der Waals surface area contributed by atoms with Crippen LogP contribution in [0.25, 0.3) is 0 Å². The first-order chi connectivity index (χ1) is 15.1. The van der Waals surface area contributed by atoms with Crippen LogP contribution in [0.5, 0.6) is 11.5 Å². The van der Waals surface area contributed by atoms with E-state index in [0.29, 0.717) is 12.3 Å². The minimum Gasteiger partial charge on any atom is -0.504 e. The number of methoxy groups -OCH3 is 1. The molecule has 1 aromatic heterocycles. The predicted octanol–water partition coefficient (Wildman–Crippen LogP) is 3.38. The number of phenolic OH excluding ortho intramolecular Hbond substituents is 1. The maximum absolute atomic E-state index is 9.93. The highest BCUT2D eigenvalue weighted by Gasteiger charge is 2.10. The second kappa shape index (κ2) is 11.3. The van der Waals surface area contributed by atoms with E-state index < -0.39 is 0 Å². The van der Waals surface area contributed by atoms with Gasteiger partial charge < -0.3 is 31.1 Å². The molecule has 31 heavy (non-hydrogen) atoms. The number of phenols is 1. The number of hydrogen-bond donors (Lipinski definition) is 5. The van der Waals surface area contributed by atoms with E-state index in [2.05, 4.69) is 33.1 Å². The maximum Gasteiger partial charge on any atom is 0.162 e. The number of para-hydroxylation sites is 1. The van der Waals surface area contributed by atoms with Gasteiger partial charge in [0, 0.05) is 48.9 Å². The molecule has 1 aliphatic heterocycles. The molecule has 0 unspecified atom stereocenters. The maximum atomic E-state index is 9.93. The quantitative estimate of drug-likeness (QED) is 0.389. The largest absolute Gasteiger partial charge is 0.504 e. The number of nitrogens with zero attached hydrogens (tertiary/aromatic N) is 2. The average Bonchev–Trinajstić information content (AvgIpc) is 2.81. The zero-order valence-corrected chi connectivity index (χ0v) is 18.5. The molecule has 0 radical (unpaired) electrons. The number of nitrogen functional groups attached to an aromatic ring is 1. The number of aromatic hydroxyl groups is 1. The van der Waals surface area contributed by atoms with Crippen molar-refractivity contribution in [1.82, 2.24) is 10.3 Å². The Bertz CT molecular complexity index is 945. The highest BCUT2D eigenvalue weighted by atomic mass is 32.1. The summed E-state index contributed by atoms with van der Waals surface area (Å²) < 4.78 is 5.07. The number of piperazine rings is 1. The van der Waals surface area contributed by atoms with E-state index in [-0.39, 0.29) is 5.75 Å². The van der Waals surface area contributed by atoms with Crippen LogP contribution in [-0.4, -0.2) is 43.4 Å². The molecule has 0 spiro atoms. The molecule has 5 N–H and O–H groups in total. The molecule has 7 nitrogen and oxygen atoms in total. The molecule has 1 aliphatic rings. The molecule has 8 heteroatoms. The minimum atomic E-state index is 0.179. The lowest BCUT2D eigenvalue weighted by Gasteiger charge is -2.28. The number of ether oxygens (including phenoxy) is 1.